The van der Waals surface area contributed by atoms with E-state index < -0.39 is 11.4 Å². The van der Waals surface area contributed by atoms with Crippen LogP contribution < -0.4 is 0 Å². The van der Waals surface area contributed by atoms with Gasteiger partial charge < -0.3 is 5.11 Å². The number of carbonyl (C=O) groups is 1. The molecule has 0 amide bonds. The highest BCUT2D eigenvalue weighted by Gasteiger charge is 2.26. The number of rotatable bonds is 4. The molecule has 82 valence electrons. The molecule has 0 unspecified atom stereocenters. The summed E-state index contributed by atoms with van der Waals surface area (Å²) >= 11 is 0. The molecule has 0 aliphatic carbocycles. The molecule has 0 radical (unpaired) electrons. The fraction of sp³-hybridized carbons (Fsp3) is 0.462. The second kappa shape index (κ2) is 4.47. The first-order valence-electron chi connectivity index (χ1n) is 5.21. The third kappa shape index (κ3) is 3.39. The van der Waals surface area contributed by atoms with Gasteiger partial charge in [0.15, 0.2) is 0 Å². The maximum absolute atomic E-state index is 10.9. The van der Waals surface area contributed by atoms with Gasteiger partial charge in [0, 0.05) is 0 Å². The van der Waals surface area contributed by atoms with Gasteiger partial charge in [-0.15, -0.1) is 0 Å². The van der Waals surface area contributed by atoms with Crippen LogP contribution in [-0.2, 0) is 11.2 Å². The molecule has 0 aliphatic rings. The molecular formula is C13H18O2. The first kappa shape index (κ1) is 11.8. The van der Waals surface area contributed by atoms with Crippen molar-refractivity contribution in [3.8, 4) is 0 Å². The van der Waals surface area contributed by atoms with Gasteiger partial charge in [-0.3, -0.25) is 4.79 Å². The molecular weight excluding hydrogens is 188 g/mol. The first-order valence-corrected chi connectivity index (χ1v) is 5.21. The average Bonchev–Trinajstić information content (AvgIpc) is 2.15. The Morgan fingerprint density at radius 1 is 1.40 bits per heavy atom. The van der Waals surface area contributed by atoms with E-state index in [1.165, 1.54) is 11.1 Å². The van der Waals surface area contributed by atoms with Crippen molar-refractivity contribution in [2.45, 2.75) is 33.6 Å². The predicted octanol–water partition coefficient (Wildman–Crippen LogP) is 3.04. The zero-order chi connectivity index (χ0) is 11.5. The van der Waals surface area contributed by atoms with E-state index in [1.807, 2.05) is 25.1 Å². The lowest BCUT2D eigenvalue weighted by Crippen LogP contribution is -2.24. The van der Waals surface area contributed by atoms with Gasteiger partial charge in [0.05, 0.1) is 5.41 Å². The van der Waals surface area contributed by atoms with Crippen molar-refractivity contribution in [3.05, 3.63) is 35.4 Å². The van der Waals surface area contributed by atoms with Crippen molar-refractivity contribution in [1.29, 1.82) is 0 Å². The minimum atomic E-state index is -0.727. The summed E-state index contributed by atoms with van der Waals surface area (Å²) in [6.45, 7) is 5.59. The molecule has 0 aliphatic heterocycles. The number of hydrogen-bond acceptors (Lipinski definition) is 1. The summed E-state index contributed by atoms with van der Waals surface area (Å²) in [4.78, 5) is 10.9. The molecule has 1 rings (SSSR count). The summed E-state index contributed by atoms with van der Waals surface area (Å²) in [5, 5.41) is 8.97. The Labute approximate surface area is 90.9 Å². The van der Waals surface area contributed by atoms with Crippen LogP contribution in [-0.4, -0.2) is 11.1 Å². The Morgan fingerprint density at radius 2 is 2.07 bits per heavy atom. The van der Waals surface area contributed by atoms with Crippen LogP contribution >= 0.6 is 0 Å². The topological polar surface area (TPSA) is 37.3 Å². The summed E-state index contributed by atoms with van der Waals surface area (Å²) in [5.74, 6) is -0.727. The standard InChI is InChI=1S/C13H18O2/c1-10-5-4-6-11(9-10)7-8-13(2,3)12(14)15/h4-6,9H,7-8H2,1-3H3,(H,14,15). The number of hydrogen-bond donors (Lipinski definition) is 1. The molecule has 15 heavy (non-hydrogen) atoms. The van der Waals surface area contributed by atoms with E-state index in [0.717, 1.165) is 6.42 Å². The lowest BCUT2D eigenvalue weighted by atomic mass is 9.86. The average molecular weight is 206 g/mol. The quantitative estimate of drug-likeness (QED) is 0.822. The number of aliphatic carboxylic acids is 1. The monoisotopic (exact) mass is 206 g/mol. The van der Waals surface area contributed by atoms with E-state index in [4.69, 9.17) is 5.11 Å². The third-order valence-electron chi connectivity index (χ3n) is 2.70. The molecule has 0 saturated carbocycles. The van der Waals surface area contributed by atoms with Gasteiger partial charge in [0.1, 0.15) is 0 Å². The molecule has 0 spiro atoms. The predicted molar refractivity (Wildman–Crippen MR) is 60.9 cm³/mol. The minimum absolute atomic E-state index is 0.635. The highest BCUT2D eigenvalue weighted by molar-refractivity contribution is 5.73. The second-order valence-electron chi connectivity index (χ2n) is 4.68. The van der Waals surface area contributed by atoms with Gasteiger partial charge in [0.2, 0.25) is 0 Å². The molecule has 0 bridgehead atoms. The van der Waals surface area contributed by atoms with E-state index in [-0.39, 0.29) is 0 Å². The Kier molecular flexibility index (Phi) is 3.51. The first-order chi connectivity index (χ1) is 6.92. The fourth-order valence-corrected chi connectivity index (χ4v) is 1.43. The zero-order valence-electron chi connectivity index (χ0n) is 9.58. The highest BCUT2D eigenvalue weighted by Crippen LogP contribution is 2.23. The van der Waals surface area contributed by atoms with Crippen LogP contribution in [0.25, 0.3) is 0 Å². The molecule has 2 nitrogen and oxygen atoms in total. The summed E-state index contributed by atoms with van der Waals surface area (Å²) < 4.78 is 0. The molecule has 0 atom stereocenters. The third-order valence-corrected chi connectivity index (χ3v) is 2.70. The molecule has 2 heteroatoms. The van der Waals surface area contributed by atoms with Crippen molar-refractivity contribution in [1.82, 2.24) is 0 Å². The Balaban J connectivity index is 2.61. The van der Waals surface area contributed by atoms with Gasteiger partial charge in [-0.1, -0.05) is 29.8 Å². The van der Waals surface area contributed by atoms with Crippen LogP contribution in [0, 0.1) is 12.3 Å². The van der Waals surface area contributed by atoms with Crippen molar-refractivity contribution >= 4 is 5.97 Å². The summed E-state index contributed by atoms with van der Waals surface area (Å²) in [5.41, 5.74) is 1.80. The smallest absolute Gasteiger partial charge is 0.309 e. The molecule has 0 aromatic heterocycles. The van der Waals surface area contributed by atoms with E-state index in [0.29, 0.717) is 6.42 Å². The maximum atomic E-state index is 10.9. The molecule has 0 heterocycles. The van der Waals surface area contributed by atoms with Crippen LogP contribution in [0.1, 0.15) is 31.4 Å². The molecule has 1 N–H and O–H groups in total. The normalized spacial score (nSPS) is 11.4. The fourth-order valence-electron chi connectivity index (χ4n) is 1.43. The van der Waals surface area contributed by atoms with Crippen molar-refractivity contribution in [2.24, 2.45) is 5.41 Å². The molecule has 0 fully saturated rings. The van der Waals surface area contributed by atoms with Gasteiger partial charge in [-0.2, -0.15) is 0 Å². The van der Waals surface area contributed by atoms with Crippen LogP contribution in [0.5, 0.6) is 0 Å². The van der Waals surface area contributed by atoms with Crippen LogP contribution in [0.3, 0.4) is 0 Å². The minimum Gasteiger partial charge on any atom is -0.481 e. The summed E-state index contributed by atoms with van der Waals surface area (Å²) in [6, 6.07) is 8.22. The number of benzene rings is 1. The Morgan fingerprint density at radius 3 is 2.60 bits per heavy atom. The lowest BCUT2D eigenvalue weighted by molar-refractivity contribution is -0.147. The summed E-state index contributed by atoms with van der Waals surface area (Å²) in [7, 11) is 0. The second-order valence-corrected chi connectivity index (χ2v) is 4.68. The van der Waals surface area contributed by atoms with Crippen LogP contribution in [0.2, 0.25) is 0 Å². The van der Waals surface area contributed by atoms with Crippen molar-refractivity contribution in [2.75, 3.05) is 0 Å². The van der Waals surface area contributed by atoms with Crippen molar-refractivity contribution < 1.29 is 9.90 Å². The summed E-state index contributed by atoms with van der Waals surface area (Å²) in [6.07, 6.45) is 1.49. The Bertz CT molecular complexity index is 353. The van der Waals surface area contributed by atoms with Crippen molar-refractivity contribution in [3.63, 3.8) is 0 Å². The highest BCUT2D eigenvalue weighted by atomic mass is 16.4. The van der Waals surface area contributed by atoms with Crippen LogP contribution in [0.15, 0.2) is 24.3 Å². The van der Waals surface area contributed by atoms with E-state index >= 15 is 0 Å². The largest absolute Gasteiger partial charge is 0.481 e. The lowest BCUT2D eigenvalue weighted by Gasteiger charge is -2.18. The van der Waals surface area contributed by atoms with Crippen LogP contribution in [0.4, 0.5) is 0 Å². The maximum Gasteiger partial charge on any atom is 0.309 e. The SMILES string of the molecule is Cc1cccc(CCC(C)(C)C(=O)O)c1. The molecule has 1 aromatic rings. The molecule has 1 aromatic carbocycles. The number of carboxylic acid groups (broad SMARTS) is 1. The van der Waals surface area contributed by atoms with Gasteiger partial charge >= 0.3 is 5.97 Å². The van der Waals surface area contributed by atoms with Gasteiger partial charge in [-0.05, 0) is 39.2 Å². The van der Waals surface area contributed by atoms with Gasteiger partial charge in [0.25, 0.3) is 0 Å². The number of carboxylic acids is 1. The zero-order valence-corrected chi connectivity index (χ0v) is 9.58. The van der Waals surface area contributed by atoms with E-state index in [2.05, 4.69) is 6.07 Å². The van der Waals surface area contributed by atoms with Gasteiger partial charge in [-0.25, -0.2) is 0 Å². The van der Waals surface area contributed by atoms with E-state index in [9.17, 15) is 4.79 Å². The molecule has 0 saturated heterocycles. The number of aryl methyl sites for hydroxylation is 2. The van der Waals surface area contributed by atoms with E-state index in [1.54, 1.807) is 13.8 Å². The Hall–Kier alpha value is -1.31.